The van der Waals surface area contributed by atoms with E-state index in [4.69, 9.17) is 16.3 Å². The van der Waals surface area contributed by atoms with Crippen LogP contribution in [0.5, 0.6) is 5.75 Å². The van der Waals surface area contributed by atoms with Gasteiger partial charge in [0.2, 0.25) is 5.91 Å². The van der Waals surface area contributed by atoms with Crippen LogP contribution < -0.4 is 10.1 Å². The summed E-state index contributed by atoms with van der Waals surface area (Å²) in [5, 5.41) is 3.55. The molecule has 7 heteroatoms. The molecule has 30 heavy (non-hydrogen) atoms. The number of carbonyl (C=O) groups excluding carboxylic acids is 2. The second-order valence-corrected chi connectivity index (χ2v) is 8.57. The molecule has 2 rings (SSSR count). The normalized spacial score (nSPS) is 11.7. The smallest absolute Gasteiger partial charge is 0.261 e. The maximum absolute atomic E-state index is 13.0. The molecule has 0 unspecified atom stereocenters. The molecule has 2 amide bonds. The lowest BCUT2D eigenvalue weighted by atomic mass is 10.1. The lowest BCUT2D eigenvalue weighted by Crippen LogP contribution is -2.49. The van der Waals surface area contributed by atoms with Gasteiger partial charge in [0.1, 0.15) is 11.8 Å². The quantitative estimate of drug-likeness (QED) is 0.530. The predicted octanol–water partition coefficient (Wildman–Crippen LogP) is 5.04. The zero-order chi connectivity index (χ0) is 22.3. The van der Waals surface area contributed by atoms with E-state index in [9.17, 15) is 9.59 Å². The van der Waals surface area contributed by atoms with E-state index in [1.165, 1.54) is 0 Å². The molecular formula is C23H28BrClN2O3. The van der Waals surface area contributed by atoms with Crippen molar-refractivity contribution in [2.45, 2.75) is 46.7 Å². The van der Waals surface area contributed by atoms with E-state index in [1.807, 2.05) is 45.0 Å². The summed E-state index contributed by atoms with van der Waals surface area (Å²) in [6.07, 6.45) is 0.831. The number of amides is 2. The van der Waals surface area contributed by atoms with Gasteiger partial charge in [0.25, 0.3) is 5.91 Å². The number of ether oxygens (including phenoxy) is 1. The van der Waals surface area contributed by atoms with Crippen molar-refractivity contribution in [3.63, 3.8) is 0 Å². The summed E-state index contributed by atoms with van der Waals surface area (Å²) in [6, 6.07) is 10.7. The molecule has 0 saturated carbocycles. The molecule has 0 saturated heterocycles. The van der Waals surface area contributed by atoms with E-state index in [-0.39, 0.29) is 18.4 Å². The molecule has 0 aliphatic rings. The van der Waals surface area contributed by atoms with Gasteiger partial charge in [-0.2, -0.15) is 0 Å². The van der Waals surface area contributed by atoms with Crippen molar-refractivity contribution < 1.29 is 14.3 Å². The molecule has 0 heterocycles. The number of hydrogen-bond donors (Lipinski definition) is 1. The van der Waals surface area contributed by atoms with Crippen LogP contribution in [0.1, 0.15) is 37.0 Å². The number of aryl methyl sites for hydroxylation is 2. The fourth-order valence-electron chi connectivity index (χ4n) is 2.98. The summed E-state index contributed by atoms with van der Waals surface area (Å²) in [6.45, 7) is 8.23. The minimum absolute atomic E-state index is 0.164. The molecule has 1 atom stereocenters. The Hall–Kier alpha value is -2.05. The highest BCUT2D eigenvalue weighted by atomic mass is 79.9. The molecule has 0 bridgehead atoms. The second kappa shape index (κ2) is 11.4. The average molecular weight is 496 g/mol. The highest BCUT2D eigenvalue weighted by molar-refractivity contribution is 9.10. The van der Waals surface area contributed by atoms with E-state index in [1.54, 1.807) is 24.0 Å². The van der Waals surface area contributed by atoms with Crippen molar-refractivity contribution in [3.8, 4) is 5.75 Å². The van der Waals surface area contributed by atoms with Crippen LogP contribution in [-0.4, -0.2) is 35.9 Å². The number of carbonyl (C=O) groups is 2. The van der Waals surface area contributed by atoms with Crippen LogP contribution in [0.3, 0.4) is 0 Å². The van der Waals surface area contributed by atoms with Crippen LogP contribution in [0.25, 0.3) is 0 Å². The highest BCUT2D eigenvalue weighted by Crippen LogP contribution is 2.26. The molecule has 162 valence electrons. The van der Waals surface area contributed by atoms with Crippen molar-refractivity contribution in [1.82, 2.24) is 10.2 Å². The van der Waals surface area contributed by atoms with E-state index in [0.29, 0.717) is 23.9 Å². The fourth-order valence-corrected chi connectivity index (χ4v) is 3.36. The fraction of sp³-hybridized carbons (Fsp3) is 0.391. The first-order valence-corrected chi connectivity index (χ1v) is 11.1. The van der Waals surface area contributed by atoms with Crippen LogP contribution >= 0.6 is 27.5 Å². The van der Waals surface area contributed by atoms with E-state index >= 15 is 0 Å². The Kier molecular flexibility index (Phi) is 9.18. The minimum Gasteiger partial charge on any atom is -0.484 e. The van der Waals surface area contributed by atoms with Gasteiger partial charge >= 0.3 is 0 Å². The number of nitrogens with zero attached hydrogens (tertiary/aromatic N) is 1. The van der Waals surface area contributed by atoms with Crippen LogP contribution in [0.15, 0.2) is 40.9 Å². The maximum Gasteiger partial charge on any atom is 0.261 e. The van der Waals surface area contributed by atoms with Crippen molar-refractivity contribution in [3.05, 3.63) is 62.6 Å². The summed E-state index contributed by atoms with van der Waals surface area (Å²) in [5.41, 5.74) is 2.70. The standard InChI is InChI=1S/C23H28BrClN2O3/c1-5-10-26-23(29)17(4)27(13-18-6-8-19(24)9-7-18)21(28)14-30-20-11-15(2)22(25)16(3)12-20/h6-9,11-12,17H,5,10,13-14H2,1-4H3,(H,26,29)/t17-/m0/s1. The Bertz CT molecular complexity index is 864. The first-order valence-electron chi connectivity index (χ1n) is 9.94. The van der Waals surface area contributed by atoms with Gasteiger partial charge in [0, 0.05) is 22.6 Å². The van der Waals surface area contributed by atoms with Gasteiger partial charge in [0.05, 0.1) is 0 Å². The van der Waals surface area contributed by atoms with Crippen molar-refractivity contribution >= 4 is 39.3 Å². The van der Waals surface area contributed by atoms with Gasteiger partial charge in [-0.25, -0.2) is 0 Å². The molecule has 1 N–H and O–H groups in total. The molecule has 0 aromatic heterocycles. The van der Waals surface area contributed by atoms with E-state index in [2.05, 4.69) is 21.2 Å². The first-order chi connectivity index (χ1) is 14.2. The lowest BCUT2D eigenvalue weighted by Gasteiger charge is -2.28. The number of benzene rings is 2. The van der Waals surface area contributed by atoms with E-state index < -0.39 is 6.04 Å². The third-order valence-electron chi connectivity index (χ3n) is 4.75. The van der Waals surface area contributed by atoms with Crippen LogP contribution in [0.2, 0.25) is 5.02 Å². The van der Waals surface area contributed by atoms with Crippen molar-refractivity contribution in [2.24, 2.45) is 0 Å². The topological polar surface area (TPSA) is 58.6 Å². The molecule has 5 nitrogen and oxygen atoms in total. The minimum atomic E-state index is -0.620. The molecule has 0 fully saturated rings. The van der Waals surface area contributed by atoms with Gasteiger partial charge in [-0.05, 0) is 68.1 Å². The average Bonchev–Trinajstić information content (AvgIpc) is 2.73. The van der Waals surface area contributed by atoms with E-state index in [0.717, 1.165) is 27.6 Å². The molecule has 2 aromatic carbocycles. The summed E-state index contributed by atoms with van der Waals surface area (Å²) in [7, 11) is 0. The Morgan fingerprint density at radius 2 is 1.77 bits per heavy atom. The largest absolute Gasteiger partial charge is 0.484 e. The monoisotopic (exact) mass is 494 g/mol. The zero-order valence-electron chi connectivity index (χ0n) is 17.8. The molecule has 0 aliphatic heterocycles. The third-order valence-corrected chi connectivity index (χ3v) is 5.88. The summed E-state index contributed by atoms with van der Waals surface area (Å²) < 4.78 is 6.70. The van der Waals surface area contributed by atoms with Crippen LogP contribution in [-0.2, 0) is 16.1 Å². The summed E-state index contributed by atoms with van der Waals surface area (Å²) in [5.74, 6) is 0.136. The Morgan fingerprint density at radius 1 is 1.17 bits per heavy atom. The van der Waals surface area contributed by atoms with Gasteiger partial charge in [-0.3, -0.25) is 9.59 Å². The van der Waals surface area contributed by atoms with Crippen molar-refractivity contribution in [2.75, 3.05) is 13.2 Å². The number of halogens is 2. The Morgan fingerprint density at radius 3 is 2.33 bits per heavy atom. The molecule has 0 radical (unpaired) electrons. The van der Waals surface area contributed by atoms with Crippen LogP contribution in [0, 0.1) is 13.8 Å². The van der Waals surface area contributed by atoms with Gasteiger partial charge in [0.15, 0.2) is 6.61 Å². The number of hydrogen-bond acceptors (Lipinski definition) is 3. The second-order valence-electron chi connectivity index (χ2n) is 7.27. The lowest BCUT2D eigenvalue weighted by molar-refractivity contribution is -0.142. The Balaban J connectivity index is 2.16. The molecule has 2 aromatic rings. The van der Waals surface area contributed by atoms with Crippen LogP contribution in [0.4, 0.5) is 0 Å². The maximum atomic E-state index is 13.0. The van der Waals surface area contributed by atoms with Gasteiger partial charge in [-0.15, -0.1) is 0 Å². The molecular weight excluding hydrogens is 468 g/mol. The summed E-state index contributed by atoms with van der Waals surface area (Å²) >= 11 is 9.62. The van der Waals surface area contributed by atoms with Crippen molar-refractivity contribution in [1.29, 1.82) is 0 Å². The zero-order valence-corrected chi connectivity index (χ0v) is 20.1. The highest BCUT2D eigenvalue weighted by Gasteiger charge is 2.26. The molecule has 0 aliphatic carbocycles. The first kappa shape index (κ1) is 24.2. The van der Waals surface area contributed by atoms with Gasteiger partial charge < -0.3 is 15.0 Å². The Labute approximate surface area is 191 Å². The third kappa shape index (κ3) is 6.74. The summed E-state index contributed by atoms with van der Waals surface area (Å²) in [4.78, 5) is 27.1. The molecule has 0 spiro atoms. The number of rotatable bonds is 9. The van der Waals surface area contributed by atoms with Gasteiger partial charge in [-0.1, -0.05) is 46.6 Å². The number of nitrogens with one attached hydrogen (secondary N) is 1. The SMILES string of the molecule is CCCNC(=O)[C@H](C)N(Cc1ccc(Br)cc1)C(=O)COc1cc(C)c(Cl)c(C)c1. The predicted molar refractivity (Wildman–Crippen MR) is 124 cm³/mol.